The Bertz CT molecular complexity index is 882. The van der Waals surface area contributed by atoms with Crippen LogP contribution in [-0.4, -0.2) is 58.9 Å². The molecule has 1 N–H and O–H groups in total. The van der Waals surface area contributed by atoms with Crippen molar-refractivity contribution >= 4 is 21.7 Å². The van der Waals surface area contributed by atoms with Crippen LogP contribution in [0, 0.1) is 0 Å². The van der Waals surface area contributed by atoms with E-state index in [1.54, 1.807) is 11.2 Å². The van der Waals surface area contributed by atoms with Gasteiger partial charge in [0.25, 0.3) is 0 Å². The summed E-state index contributed by atoms with van der Waals surface area (Å²) in [6.45, 7) is 3.07. The van der Waals surface area contributed by atoms with E-state index in [1.165, 1.54) is 0 Å². The van der Waals surface area contributed by atoms with E-state index in [0.29, 0.717) is 25.3 Å². The first-order valence-electron chi connectivity index (χ1n) is 10.8. The van der Waals surface area contributed by atoms with E-state index >= 15 is 0 Å². The molecular formula is C20H31N5O3S. The van der Waals surface area contributed by atoms with Crippen molar-refractivity contribution in [2.75, 3.05) is 25.5 Å². The molecule has 3 aliphatic rings. The number of nitrogens with zero attached hydrogens (tertiary/aromatic N) is 4. The summed E-state index contributed by atoms with van der Waals surface area (Å²) in [5.74, 6) is 1.41. The second-order valence-electron chi connectivity index (χ2n) is 8.36. The summed E-state index contributed by atoms with van der Waals surface area (Å²) < 4.78 is 28.0. The number of aromatic nitrogens is 2. The van der Waals surface area contributed by atoms with E-state index in [0.717, 1.165) is 68.6 Å². The van der Waals surface area contributed by atoms with Crippen LogP contribution in [0.15, 0.2) is 0 Å². The highest BCUT2D eigenvalue weighted by molar-refractivity contribution is 7.89. The molecule has 4 rings (SSSR count). The average Bonchev–Trinajstić information content (AvgIpc) is 3.23. The van der Waals surface area contributed by atoms with Crippen LogP contribution in [0.5, 0.6) is 0 Å². The van der Waals surface area contributed by atoms with Crippen LogP contribution in [0.4, 0.5) is 5.82 Å². The minimum atomic E-state index is -3.32. The Labute approximate surface area is 173 Å². The molecule has 9 heteroatoms. The van der Waals surface area contributed by atoms with Gasteiger partial charge < -0.3 is 10.2 Å². The molecule has 0 aromatic carbocycles. The first-order valence-corrected chi connectivity index (χ1v) is 12.3. The molecule has 29 heavy (non-hydrogen) atoms. The number of amides is 1. The minimum absolute atomic E-state index is 0.0290. The van der Waals surface area contributed by atoms with E-state index in [-0.39, 0.29) is 17.2 Å². The van der Waals surface area contributed by atoms with Crippen LogP contribution in [0.25, 0.3) is 0 Å². The summed E-state index contributed by atoms with van der Waals surface area (Å²) >= 11 is 0. The first-order chi connectivity index (χ1) is 13.9. The van der Waals surface area contributed by atoms with Gasteiger partial charge in [0.15, 0.2) is 5.82 Å². The fourth-order valence-electron chi connectivity index (χ4n) is 4.98. The van der Waals surface area contributed by atoms with Crippen molar-refractivity contribution in [1.82, 2.24) is 19.2 Å². The SMILES string of the molecule is CNc1nc(C2CCCN2C(C)=O)nc2c1CCN(S(=O)(=O)C1CCCCC1)C2. The number of rotatable bonds is 4. The number of anilines is 1. The summed E-state index contributed by atoms with van der Waals surface area (Å²) in [5, 5.41) is 2.90. The van der Waals surface area contributed by atoms with Gasteiger partial charge in [-0.25, -0.2) is 18.4 Å². The maximum atomic E-state index is 13.2. The van der Waals surface area contributed by atoms with Gasteiger partial charge in [0.2, 0.25) is 15.9 Å². The third-order valence-corrected chi connectivity index (χ3v) is 8.92. The van der Waals surface area contributed by atoms with Crippen LogP contribution in [0.1, 0.15) is 75.0 Å². The largest absolute Gasteiger partial charge is 0.373 e. The summed E-state index contributed by atoms with van der Waals surface area (Å²) in [4.78, 5) is 23.3. The highest BCUT2D eigenvalue weighted by Gasteiger charge is 2.37. The number of carbonyl (C=O) groups excluding carboxylic acids is 1. The number of hydrogen-bond donors (Lipinski definition) is 1. The molecule has 1 amide bonds. The van der Waals surface area contributed by atoms with Crippen molar-refractivity contribution < 1.29 is 13.2 Å². The standard InChI is InChI=1S/C20H31N5O3S/c1-14(26)25-11-6-9-18(25)20-22-17-13-24(12-10-16(17)19(21-2)23-20)29(27,28)15-7-4-3-5-8-15/h15,18H,3-13H2,1-2H3,(H,21,22,23). The molecule has 0 bridgehead atoms. The highest BCUT2D eigenvalue weighted by atomic mass is 32.2. The Morgan fingerprint density at radius 1 is 1.07 bits per heavy atom. The molecule has 8 nitrogen and oxygen atoms in total. The molecule has 1 unspecified atom stereocenters. The summed E-state index contributed by atoms with van der Waals surface area (Å²) in [6, 6.07) is -0.129. The minimum Gasteiger partial charge on any atom is -0.373 e. The number of fused-ring (bicyclic) bond motifs is 1. The van der Waals surface area contributed by atoms with Crippen LogP contribution in [0.2, 0.25) is 0 Å². The maximum Gasteiger partial charge on any atom is 0.220 e. The number of likely N-dealkylation sites (tertiary alicyclic amines) is 1. The van der Waals surface area contributed by atoms with Gasteiger partial charge in [0, 0.05) is 32.6 Å². The van der Waals surface area contributed by atoms with E-state index in [1.807, 2.05) is 11.9 Å². The zero-order valence-electron chi connectivity index (χ0n) is 17.4. The second kappa shape index (κ2) is 8.18. The van der Waals surface area contributed by atoms with Crippen LogP contribution < -0.4 is 5.32 Å². The topological polar surface area (TPSA) is 95.5 Å². The molecule has 160 valence electrons. The third kappa shape index (κ3) is 3.86. The highest BCUT2D eigenvalue weighted by Crippen LogP contribution is 2.34. The fourth-order valence-corrected chi connectivity index (χ4v) is 6.98. The smallest absolute Gasteiger partial charge is 0.220 e. The molecule has 0 spiro atoms. The number of carbonyl (C=O) groups is 1. The molecule has 2 aliphatic heterocycles. The quantitative estimate of drug-likeness (QED) is 0.801. The van der Waals surface area contributed by atoms with E-state index in [2.05, 4.69) is 5.32 Å². The van der Waals surface area contributed by atoms with E-state index < -0.39 is 10.0 Å². The Kier molecular flexibility index (Phi) is 5.79. The molecular weight excluding hydrogens is 390 g/mol. The van der Waals surface area contributed by atoms with Crippen molar-refractivity contribution in [3.63, 3.8) is 0 Å². The summed E-state index contributed by atoms with van der Waals surface area (Å²) in [6.07, 6.45) is 7.02. The Hall–Kier alpha value is -1.74. The Balaban J connectivity index is 1.64. The van der Waals surface area contributed by atoms with Crippen molar-refractivity contribution in [2.45, 2.75) is 76.1 Å². The maximum absolute atomic E-state index is 13.2. The Morgan fingerprint density at radius 2 is 1.83 bits per heavy atom. The lowest BCUT2D eigenvalue weighted by molar-refractivity contribution is -0.129. The van der Waals surface area contributed by atoms with Gasteiger partial charge in [-0.2, -0.15) is 4.31 Å². The number of nitrogens with one attached hydrogen (secondary N) is 1. The summed E-state index contributed by atoms with van der Waals surface area (Å²) in [5.41, 5.74) is 1.78. The zero-order valence-corrected chi connectivity index (χ0v) is 18.2. The average molecular weight is 422 g/mol. The Morgan fingerprint density at radius 3 is 2.52 bits per heavy atom. The van der Waals surface area contributed by atoms with Gasteiger partial charge >= 0.3 is 0 Å². The van der Waals surface area contributed by atoms with E-state index in [9.17, 15) is 13.2 Å². The van der Waals surface area contributed by atoms with Crippen LogP contribution in [0.3, 0.4) is 0 Å². The molecule has 0 radical (unpaired) electrons. The summed E-state index contributed by atoms with van der Waals surface area (Å²) in [7, 11) is -1.49. The first kappa shape index (κ1) is 20.5. The lowest BCUT2D eigenvalue weighted by atomic mass is 10.0. The van der Waals surface area contributed by atoms with Crippen LogP contribution in [-0.2, 0) is 27.8 Å². The molecule has 1 aromatic rings. The van der Waals surface area contributed by atoms with Gasteiger partial charge in [0.1, 0.15) is 5.82 Å². The molecule has 3 heterocycles. The predicted octanol–water partition coefficient (Wildman–Crippen LogP) is 2.22. The molecule has 1 aliphatic carbocycles. The van der Waals surface area contributed by atoms with Crippen molar-refractivity contribution in [1.29, 1.82) is 0 Å². The molecule has 1 saturated heterocycles. The van der Waals surface area contributed by atoms with Gasteiger partial charge in [-0.15, -0.1) is 0 Å². The number of hydrogen-bond acceptors (Lipinski definition) is 6. The van der Waals surface area contributed by atoms with Crippen molar-refractivity contribution in [3.05, 3.63) is 17.1 Å². The zero-order chi connectivity index (χ0) is 20.6. The monoisotopic (exact) mass is 421 g/mol. The predicted molar refractivity (Wildman–Crippen MR) is 111 cm³/mol. The van der Waals surface area contributed by atoms with Gasteiger partial charge in [0.05, 0.1) is 23.5 Å². The van der Waals surface area contributed by atoms with Gasteiger partial charge in [-0.1, -0.05) is 19.3 Å². The normalized spacial score (nSPS) is 23.8. The van der Waals surface area contributed by atoms with Crippen molar-refractivity contribution in [3.8, 4) is 0 Å². The van der Waals surface area contributed by atoms with E-state index in [4.69, 9.17) is 9.97 Å². The fraction of sp³-hybridized carbons (Fsp3) is 0.750. The van der Waals surface area contributed by atoms with Gasteiger partial charge in [-0.3, -0.25) is 4.79 Å². The molecule has 1 saturated carbocycles. The third-order valence-electron chi connectivity index (χ3n) is 6.57. The lowest BCUT2D eigenvalue weighted by Crippen LogP contribution is -2.43. The second-order valence-corrected chi connectivity index (χ2v) is 10.6. The van der Waals surface area contributed by atoms with Crippen molar-refractivity contribution in [2.24, 2.45) is 0 Å². The van der Waals surface area contributed by atoms with Gasteiger partial charge in [-0.05, 0) is 32.1 Å². The molecule has 2 fully saturated rings. The molecule has 1 aromatic heterocycles. The number of sulfonamides is 1. The van der Waals surface area contributed by atoms with Crippen LogP contribution >= 0.6 is 0 Å². The molecule has 1 atom stereocenters. The lowest BCUT2D eigenvalue weighted by Gasteiger charge is -2.33.